The Morgan fingerprint density at radius 2 is 2.38 bits per heavy atom. The number of anilines is 1. The summed E-state index contributed by atoms with van der Waals surface area (Å²) in [6, 6.07) is 6.43. The van der Waals surface area contributed by atoms with Gasteiger partial charge in [-0.2, -0.15) is 0 Å². The van der Waals surface area contributed by atoms with Crippen LogP contribution in [0.5, 0.6) is 0 Å². The van der Waals surface area contributed by atoms with E-state index < -0.39 is 0 Å². The molecule has 0 amide bonds. The Bertz CT molecular complexity index is 452. The zero-order valence-corrected chi connectivity index (χ0v) is 9.68. The van der Waals surface area contributed by atoms with E-state index in [4.69, 9.17) is 4.74 Å². The van der Waals surface area contributed by atoms with Crippen LogP contribution in [0.3, 0.4) is 0 Å². The van der Waals surface area contributed by atoms with Gasteiger partial charge in [-0.15, -0.1) is 0 Å². The monoisotopic (exact) mass is 219 g/mol. The Morgan fingerprint density at radius 1 is 1.50 bits per heavy atom. The van der Waals surface area contributed by atoms with Gasteiger partial charge in [0.15, 0.2) is 0 Å². The largest absolute Gasteiger partial charge is 0.385 e. The maximum absolute atomic E-state index is 5.06. The third-order valence-corrected chi connectivity index (χ3v) is 2.58. The lowest BCUT2D eigenvalue weighted by molar-refractivity contribution is 0.191. The van der Waals surface area contributed by atoms with Crippen LogP contribution >= 0.6 is 0 Å². The minimum atomic E-state index is 0.382. The van der Waals surface area contributed by atoms with Crippen molar-refractivity contribution in [2.24, 2.45) is 0 Å². The van der Waals surface area contributed by atoms with Crippen molar-refractivity contribution in [3.8, 4) is 0 Å². The highest BCUT2D eigenvalue weighted by Crippen LogP contribution is 2.12. The fraction of sp³-hybridized carbons (Fsp3) is 0.417. The van der Waals surface area contributed by atoms with Gasteiger partial charge in [0.1, 0.15) is 11.5 Å². The Hall–Kier alpha value is -1.55. The summed E-state index contributed by atoms with van der Waals surface area (Å²) in [6.45, 7) is 2.92. The summed E-state index contributed by atoms with van der Waals surface area (Å²) in [6.07, 6.45) is 4.75. The average Bonchev–Trinajstić information content (AvgIpc) is 2.75. The molecule has 0 aromatic carbocycles. The first-order valence-corrected chi connectivity index (χ1v) is 5.49. The molecule has 2 heterocycles. The van der Waals surface area contributed by atoms with Crippen LogP contribution in [-0.4, -0.2) is 29.1 Å². The van der Waals surface area contributed by atoms with Crippen LogP contribution in [-0.2, 0) is 4.74 Å². The molecule has 0 radical (unpaired) electrons. The molecule has 0 aliphatic heterocycles. The van der Waals surface area contributed by atoms with Crippen LogP contribution in [0.25, 0.3) is 5.65 Å². The number of imidazole rings is 1. The van der Waals surface area contributed by atoms with Gasteiger partial charge in [-0.1, -0.05) is 6.07 Å². The summed E-state index contributed by atoms with van der Waals surface area (Å²) in [5, 5.41) is 3.45. The maximum Gasteiger partial charge on any atom is 0.138 e. The number of pyridine rings is 1. The summed E-state index contributed by atoms with van der Waals surface area (Å²) in [5.41, 5.74) is 0.962. The Kier molecular flexibility index (Phi) is 3.41. The lowest BCUT2D eigenvalue weighted by Crippen LogP contribution is -2.18. The van der Waals surface area contributed by atoms with Gasteiger partial charge >= 0.3 is 0 Å². The third-order valence-electron chi connectivity index (χ3n) is 2.58. The molecule has 1 N–H and O–H groups in total. The van der Waals surface area contributed by atoms with Crippen molar-refractivity contribution in [2.75, 3.05) is 19.0 Å². The van der Waals surface area contributed by atoms with Crippen molar-refractivity contribution in [1.29, 1.82) is 0 Å². The van der Waals surface area contributed by atoms with Crippen LogP contribution in [0.4, 0.5) is 5.82 Å². The molecular weight excluding hydrogens is 202 g/mol. The minimum Gasteiger partial charge on any atom is -0.385 e. The van der Waals surface area contributed by atoms with Crippen molar-refractivity contribution in [3.05, 3.63) is 30.6 Å². The molecule has 86 valence electrons. The third kappa shape index (κ3) is 2.33. The molecule has 0 saturated carbocycles. The number of fused-ring (bicyclic) bond motifs is 1. The standard InChI is InChI=1S/C12H17N3O/c1-10(6-9-16-2)14-12-5-3-4-11-13-7-8-15(11)12/h3-5,7-8,10,14H,6,9H2,1-2H3. The molecule has 0 spiro atoms. The average molecular weight is 219 g/mol. The molecule has 0 fully saturated rings. The Morgan fingerprint density at radius 3 is 3.19 bits per heavy atom. The number of nitrogens with one attached hydrogen (secondary N) is 1. The normalized spacial score (nSPS) is 12.9. The molecule has 1 atom stereocenters. The summed E-state index contributed by atoms with van der Waals surface area (Å²) in [7, 11) is 1.73. The second kappa shape index (κ2) is 4.99. The smallest absolute Gasteiger partial charge is 0.138 e. The van der Waals surface area contributed by atoms with E-state index in [2.05, 4.69) is 23.3 Å². The molecule has 0 aliphatic carbocycles. The number of hydrogen-bond donors (Lipinski definition) is 1. The number of rotatable bonds is 5. The van der Waals surface area contributed by atoms with E-state index in [1.807, 2.05) is 22.7 Å². The van der Waals surface area contributed by atoms with E-state index in [0.29, 0.717) is 6.04 Å². The van der Waals surface area contributed by atoms with Gasteiger partial charge in [-0.25, -0.2) is 4.98 Å². The second-order valence-electron chi connectivity index (χ2n) is 3.89. The summed E-state index contributed by atoms with van der Waals surface area (Å²) in [4.78, 5) is 4.25. The van der Waals surface area contributed by atoms with E-state index in [9.17, 15) is 0 Å². The van der Waals surface area contributed by atoms with Gasteiger partial charge in [0.25, 0.3) is 0 Å². The van der Waals surface area contributed by atoms with Gasteiger partial charge in [0.2, 0.25) is 0 Å². The highest BCUT2D eigenvalue weighted by Gasteiger charge is 2.04. The van der Waals surface area contributed by atoms with Gasteiger partial charge in [-0.3, -0.25) is 4.40 Å². The van der Waals surface area contributed by atoms with Crippen LogP contribution in [0.2, 0.25) is 0 Å². The molecule has 0 saturated heterocycles. The number of methoxy groups -OCH3 is 1. The zero-order valence-electron chi connectivity index (χ0n) is 9.68. The fourth-order valence-electron chi connectivity index (χ4n) is 1.68. The molecule has 2 aromatic rings. The van der Waals surface area contributed by atoms with E-state index in [1.54, 1.807) is 13.3 Å². The van der Waals surface area contributed by atoms with Crippen molar-refractivity contribution in [2.45, 2.75) is 19.4 Å². The first-order valence-electron chi connectivity index (χ1n) is 5.49. The molecule has 0 bridgehead atoms. The number of nitrogens with zero attached hydrogens (tertiary/aromatic N) is 2. The zero-order chi connectivity index (χ0) is 11.4. The molecule has 2 aromatic heterocycles. The molecule has 4 heteroatoms. The van der Waals surface area contributed by atoms with E-state index in [1.165, 1.54) is 0 Å². The highest BCUT2D eigenvalue weighted by molar-refractivity contribution is 5.50. The number of ether oxygens (including phenoxy) is 1. The van der Waals surface area contributed by atoms with Gasteiger partial charge < -0.3 is 10.1 Å². The fourth-order valence-corrected chi connectivity index (χ4v) is 1.68. The van der Waals surface area contributed by atoms with Crippen molar-refractivity contribution >= 4 is 11.5 Å². The van der Waals surface area contributed by atoms with E-state index in [0.717, 1.165) is 24.5 Å². The topological polar surface area (TPSA) is 38.6 Å². The van der Waals surface area contributed by atoms with Gasteiger partial charge in [0.05, 0.1) is 0 Å². The summed E-state index contributed by atoms with van der Waals surface area (Å²) in [5.74, 6) is 1.07. The Labute approximate surface area is 95.3 Å². The van der Waals surface area contributed by atoms with Crippen LogP contribution in [0, 0.1) is 0 Å². The number of aromatic nitrogens is 2. The molecule has 16 heavy (non-hydrogen) atoms. The summed E-state index contributed by atoms with van der Waals surface area (Å²) >= 11 is 0. The predicted molar refractivity (Wildman–Crippen MR) is 64.8 cm³/mol. The van der Waals surface area contributed by atoms with Crippen LogP contribution < -0.4 is 5.32 Å². The highest BCUT2D eigenvalue weighted by atomic mass is 16.5. The van der Waals surface area contributed by atoms with Gasteiger partial charge in [-0.05, 0) is 25.5 Å². The van der Waals surface area contributed by atoms with Crippen molar-refractivity contribution in [1.82, 2.24) is 9.38 Å². The molecule has 2 rings (SSSR count). The first-order chi connectivity index (χ1) is 7.81. The quantitative estimate of drug-likeness (QED) is 0.837. The number of hydrogen-bond acceptors (Lipinski definition) is 3. The van der Waals surface area contributed by atoms with E-state index >= 15 is 0 Å². The molecule has 0 aliphatic rings. The second-order valence-corrected chi connectivity index (χ2v) is 3.89. The lowest BCUT2D eigenvalue weighted by atomic mass is 10.2. The predicted octanol–water partition coefficient (Wildman–Crippen LogP) is 2.17. The van der Waals surface area contributed by atoms with Crippen LogP contribution in [0.15, 0.2) is 30.6 Å². The van der Waals surface area contributed by atoms with Crippen molar-refractivity contribution < 1.29 is 4.74 Å². The van der Waals surface area contributed by atoms with E-state index in [-0.39, 0.29) is 0 Å². The first kappa shape index (κ1) is 11.0. The maximum atomic E-state index is 5.06. The summed E-state index contributed by atoms with van der Waals surface area (Å²) < 4.78 is 7.11. The van der Waals surface area contributed by atoms with Crippen LogP contribution in [0.1, 0.15) is 13.3 Å². The van der Waals surface area contributed by atoms with Gasteiger partial charge in [0, 0.05) is 32.2 Å². The molecule has 4 nitrogen and oxygen atoms in total. The molecule has 1 unspecified atom stereocenters. The minimum absolute atomic E-state index is 0.382. The molecular formula is C12H17N3O. The Balaban J connectivity index is 2.11. The SMILES string of the molecule is COCCC(C)Nc1cccc2nccn12. The van der Waals surface area contributed by atoms with Crippen molar-refractivity contribution in [3.63, 3.8) is 0 Å². The lowest BCUT2D eigenvalue weighted by Gasteiger charge is -2.15.